The van der Waals surface area contributed by atoms with Crippen molar-refractivity contribution in [2.24, 2.45) is 5.16 Å². The molecule has 0 unspecified atom stereocenters. The fraction of sp³-hybridized carbons (Fsp3) is 0.273. The maximum absolute atomic E-state index is 13.2. The van der Waals surface area contributed by atoms with E-state index in [-0.39, 0.29) is 26.5 Å². The summed E-state index contributed by atoms with van der Waals surface area (Å²) in [6.45, 7) is 1.56. The minimum Gasteiger partial charge on any atom is -0.503 e. The van der Waals surface area contributed by atoms with Crippen LogP contribution in [-0.2, 0) is 29.5 Å². The van der Waals surface area contributed by atoms with Crippen molar-refractivity contribution in [1.82, 2.24) is 29.8 Å². The number of oxime groups is 1. The van der Waals surface area contributed by atoms with Crippen molar-refractivity contribution in [3.63, 3.8) is 0 Å². The summed E-state index contributed by atoms with van der Waals surface area (Å²) in [5, 5.41) is 41.4. The second-order valence-electron chi connectivity index (χ2n) is 9.59. The summed E-state index contributed by atoms with van der Waals surface area (Å²) in [4.78, 5) is 70.5. The van der Waals surface area contributed by atoms with Gasteiger partial charge in [0, 0.05) is 24.1 Å². The first-order chi connectivity index (χ1) is 20.9. The Labute approximate surface area is 254 Å². The Kier molecular flexibility index (Phi) is 8.53. The van der Waals surface area contributed by atoms with Gasteiger partial charge in [-0.25, -0.2) is 14.1 Å². The SMILES string of the molecule is CC(C)(ON=C(C(=O)N[C@@H]1C(=O)N(S(=O)(=O)O)[C@@H]1CNC(=O)c1cc(-c2cc(=O)c(O)cn2O)no1)c1csc(N)n1)C(=O)O. The van der Waals surface area contributed by atoms with E-state index < -0.39 is 80.9 Å². The van der Waals surface area contributed by atoms with Crippen LogP contribution in [0.1, 0.15) is 30.1 Å². The van der Waals surface area contributed by atoms with Gasteiger partial charge in [0.25, 0.3) is 17.7 Å². The number of carbonyl (C=O) groups is 4. The van der Waals surface area contributed by atoms with Gasteiger partial charge in [0.15, 0.2) is 16.6 Å². The number of anilines is 1. The van der Waals surface area contributed by atoms with Gasteiger partial charge in [-0.3, -0.25) is 23.7 Å². The molecule has 1 aliphatic heterocycles. The number of amides is 3. The Morgan fingerprint density at radius 1 is 1.27 bits per heavy atom. The summed E-state index contributed by atoms with van der Waals surface area (Å²) in [7, 11) is -5.18. The molecule has 0 aromatic carbocycles. The number of aromatic hydroxyl groups is 1. The number of nitrogens with one attached hydrogen (secondary N) is 2. The van der Waals surface area contributed by atoms with Gasteiger partial charge < -0.3 is 41.1 Å². The number of carboxylic acid groups (broad SMARTS) is 1. The van der Waals surface area contributed by atoms with Crippen LogP contribution in [0.5, 0.6) is 5.75 Å². The fourth-order valence-corrected chi connectivity index (χ4v) is 5.09. The van der Waals surface area contributed by atoms with Crippen molar-refractivity contribution in [3.05, 3.63) is 45.4 Å². The smallest absolute Gasteiger partial charge is 0.362 e. The van der Waals surface area contributed by atoms with Gasteiger partial charge in [0.1, 0.15) is 23.1 Å². The van der Waals surface area contributed by atoms with Crippen LogP contribution < -0.4 is 21.8 Å². The molecule has 3 aromatic rings. The van der Waals surface area contributed by atoms with E-state index in [1.165, 1.54) is 5.38 Å². The molecule has 240 valence electrons. The second-order valence-corrected chi connectivity index (χ2v) is 11.8. The van der Waals surface area contributed by atoms with E-state index in [1.807, 2.05) is 0 Å². The third kappa shape index (κ3) is 6.68. The normalized spacial score (nSPS) is 17.0. The number of aromatic nitrogens is 3. The molecule has 23 heteroatoms. The number of aliphatic carboxylic acids is 1. The largest absolute Gasteiger partial charge is 0.503 e. The summed E-state index contributed by atoms with van der Waals surface area (Å²) < 4.78 is 38.5. The van der Waals surface area contributed by atoms with Crippen LogP contribution in [0.25, 0.3) is 11.4 Å². The second kappa shape index (κ2) is 11.9. The van der Waals surface area contributed by atoms with Crippen molar-refractivity contribution in [2.45, 2.75) is 31.5 Å². The van der Waals surface area contributed by atoms with E-state index in [9.17, 15) is 52.4 Å². The summed E-state index contributed by atoms with van der Waals surface area (Å²) in [5.74, 6) is -6.24. The lowest BCUT2D eigenvalue weighted by molar-refractivity contribution is -0.161. The van der Waals surface area contributed by atoms with Crippen LogP contribution >= 0.6 is 11.3 Å². The average Bonchev–Trinajstić information content (AvgIpc) is 3.60. The Balaban J connectivity index is 1.54. The first-order valence-electron chi connectivity index (χ1n) is 12.1. The van der Waals surface area contributed by atoms with Crippen LogP contribution in [0.3, 0.4) is 0 Å². The molecule has 0 aliphatic carbocycles. The monoisotopic (exact) mass is 670 g/mol. The lowest BCUT2D eigenvalue weighted by atomic mass is 9.98. The standard InChI is InChI=1S/C22H22N8O13S2/c1-22(2,20(36)37)43-28-15(9-7-44-21(23)25-9)18(34)26-16-11(30(19(16)35)45(39,40)41)5-24-17(33)14-3-8(27-42-14)10-4-12(31)13(32)6-29(10)38/h3-4,6-7,11,16,32,38H,5H2,1-2H3,(H2,23,25)(H,24,33)(H,26,34)(H,36,37)(H,39,40,41)/t11-,16+/m1/s1. The Hall–Kier alpha value is -5.55. The van der Waals surface area contributed by atoms with Gasteiger partial charge in [-0.1, -0.05) is 10.3 Å². The van der Waals surface area contributed by atoms with E-state index >= 15 is 0 Å². The van der Waals surface area contributed by atoms with E-state index in [0.717, 1.165) is 37.3 Å². The van der Waals surface area contributed by atoms with Gasteiger partial charge in [-0.15, -0.1) is 11.3 Å². The number of β-lactam (4-membered cyclic amide) rings is 1. The molecule has 0 saturated carbocycles. The molecule has 1 aliphatic rings. The van der Waals surface area contributed by atoms with Crippen LogP contribution in [0, 0.1) is 0 Å². The number of nitrogens with two attached hydrogens (primary N) is 1. The molecule has 4 heterocycles. The fourth-order valence-electron chi connectivity index (χ4n) is 3.66. The topological polar surface area (TPSA) is 319 Å². The summed E-state index contributed by atoms with van der Waals surface area (Å²) in [6.07, 6.45) is 0.677. The van der Waals surface area contributed by atoms with E-state index in [0.29, 0.717) is 10.9 Å². The summed E-state index contributed by atoms with van der Waals surface area (Å²) in [5.41, 5.74) is 1.53. The third-order valence-electron chi connectivity index (χ3n) is 6.04. The summed E-state index contributed by atoms with van der Waals surface area (Å²) >= 11 is 0.888. The minimum atomic E-state index is -5.18. The molecule has 3 aromatic heterocycles. The molecule has 0 spiro atoms. The number of pyridine rings is 1. The average molecular weight is 671 g/mol. The van der Waals surface area contributed by atoms with Crippen molar-refractivity contribution in [3.8, 4) is 17.1 Å². The molecule has 3 amide bonds. The van der Waals surface area contributed by atoms with E-state index in [4.69, 9.17) is 15.1 Å². The minimum absolute atomic E-state index is 0.00732. The molecule has 8 N–H and O–H groups in total. The van der Waals surface area contributed by atoms with Crippen molar-refractivity contribution < 1.29 is 56.9 Å². The predicted octanol–water partition coefficient (Wildman–Crippen LogP) is -2.00. The van der Waals surface area contributed by atoms with Crippen molar-refractivity contribution >= 4 is 56.2 Å². The molecule has 0 radical (unpaired) electrons. The van der Waals surface area contributed by atoms with Gasteiger partial charge in [-0.2, -0.15) is 13.1 Å². The number of carboxylic acids is 1. The molecule has 2 atom stereocenters. The number of rotatable bonds is 11. The lowest BCUT2D eigenvalue weighted by Crippen LogP contribution is -2.74. The van der Waals surface area contributed by atoms with E-state index in [1.54, 1.807) is 0 Å². The van der Waals surface area contributed by atoms with Crippen molar-refractivity contribution in [2.75, 3.05) is 12.3 Å². The number of hydrogen-bond acceptors (Lipinski definition) is 16. The quantitative estimate of drug-likeness (QED) is 0.0381. The van der Waals surface area contributed by atoms with Crippen LogP contribution in [0.15, 0.2) is 38.2 Å². The zero-order valence-electron chi connectivity index (χ0n) is 22.8. The molecule has 4 rings (SSSR count). The number of thiazole rings is 1. The first kappa shape index (κ1) is 32.4. The maximum atomic E-state index is 13.2. The first-order valence-corrected chi connectivity index (χ1v) is 14.4. The van der Waals surface area contributed by atoms with Crippen LogP contribution in [-0.4, -0.2) is 101 Å². The predicted molar refractivity (Wildman–Crippen MR) is 147 cm³/mol. The highest BCUT2D eigenvalue weighted by atomic mass is 32.2. The highest BCUT2D eigenvalue weighted by Crippen LogP contribution is 2.25. The lowest BCUT2D eigenvalue weighted by Gasteiger charge is -2.44. The molecule has 0 bridgehead atoms. The number of nitrogens with zero attached hydrogens (tertiary/aromatic N) is 5. The molecular formula is C22H22N8O13S2. The third-order valence-corrected chi connectivity index (χ3v) is 7.67. The van der Waals surface area contributed by atoms with Crippen LogP contribution in [0.4, 0.5) is 5.13 Å². The van der Waals surface area contributed by atoms with E-state index in [2.05, 4.69) is 25.9 Å². The molecule has 1 saturated heterocycles. The molecule has 45 heavy (non-hydrogen) atoms. The zero-order valence-corrected chi connectivity index (χ0v) is 24.4. The molecule has 1 fully saturated rings. The highest BCUT2D eigenvalue weighted by molar-refractivity contribution is 7.84. The number of hydrogen-bond donors (Lipinski definition) is 7. The Morgan fingerprint density at radius 3 is 2.56 bits per heavy atom. The van der Waals surface area contributed by atoms with Gasteiger partial charge in [-0.05, 0) is 13.8 Å². The van der Waals surface area contributed by atoms with Gasteiger partial charge in [0.05, 0.1) is 12.2 Å². The number of carbonyl (C=O) groups excluding carboxylic acids is 3. The number of nitrogen functional groups attached to an aromatic ring is 1. The van der Waals surface area contributed by atoms with Crippen molar-refractivity contribution in [1.29, 1.82) is 0 Å². The Morgan fingerprint density at radius 2 is 1.96 bits per heavy atom. The highest BCUT2D eigenvalue weighted by Gasteiger charge is 2.54. The van der Waals surface area contributed by atoms with Gasteiger partial charge >= 0.3 is 16.3 Å². The van der Waals surface area contributed by atoms with Crippen LogP contribution in [0.2, 0.25) is 0 Å². The Bertz CT molecular complexity index is 1900. The zero-order chi connectivity index (χ0) is 33.4. The summed E-state index contributed by atoms with van der Waals surface area (Å²) in [6, 6.07) is -1.49. The molecular weight excluding hydrogens is 648 g/mol. The molecule has 21 nitrogen and oxygen atoms in total. The van der Waals surface area contributed by atoms with Gasteiger partial charge in [0.2, 0.25) is 16.8 Å². The maximum Gasteiger partial charge on any atom is 0.362 e.